The quantitative estimate of drug-likeness (QED) is 0.672. The van der Waals surface area contributed by atoms with E-state index in [1.165, 1.54) is 0 Å². The number of para-hydroxylation sites is 1. The second-order valence-corrected chi connectivity index (χ2v) is 5.49. The van der Waals surface area contributed by atoms with Gasteiger partial charge in [-0.15, -0.1) is 6.58 Å². The molecule has 0 unspecified atom stereocenters. The molecule has 1 saturated heterocycles. The average molecular weight is 283 g/mol. The van der Waals surface area contributed by atoms with E-state index in [9.17, 15) is 4.79 Å². The topological polar surface area (TPSA) is 57.9 Å². The summed E-state index contributed by atoms with van der Waals surface area (Å²) < 4.78 is 2.09. The van der Waals surface area contributed by atoms with Crippen LogP contribution in [0.1, 0.15) is 5.56 Å². The molecule has 20 heavy (non-hydrogen) atoms. The number of nitrogens with one attached hydrogen (secondary N) is 2. The van der Waals surface area contributed by atoms with E-state index in [1.54, 1.807) is 0 Å². The van der Waals surface area contributed by atoms with Crippen molar-refractivity contribution in [1.29, 1.82) is 5.41 Å². The standard InChI is InChI=1S/C15H13N3OS/c1-2-7-18-9-10(11-5-3-4-6-12(11)18)8-13-14(19)17-15(16)20-13/h2-6,8-9H,1,7H2,(H2,16,17,19). The Morgan fingerprint density at radius 2 is 2.20 bits per heavy atom. The molecule has 4 nitrogen and oxygen atoms in total. The number of hydrogen-bond donors (Lipinski definition) is 2. The smallest absolute Gasteiger partial charge is 0.264 e. The number of carbonyl (C=O) groups excluding carboxylic acids is 1. The number of allylic oxidation sites excluding steroid dienone is 1. The average Bonchev–Trinajstić information content (AvgIpc) is 2.93. The molecule has 5 heteroatoms. The SMILES string of the molecule is C=CCn1cc(C=C2SC(=N)NC2=O)c2ccccc21. The van der Waals surface area contributed by atoms with E-state index in [0.29, 0.717) is 4.91 Å². The second-order valence-electron chi connectivity index (χ2n) is 4.44. The van der Waals surface area contributed by atoms with Crippen LogP contribution >= 0.6 is 11.8 Å². The Hall–Kier alpha value is -2.27. The van der Waals surface area contributed by atoms with Crippen LogP contribution in [0, 0.1) is 5.41 Å². The summed E-state index contributed by atoms with van der Waals surface area (Å²) in [5.74, 6) is -0.208. The van der Waals surface area contributed by atoms with Crippen LogP contribution in [0.3, 0.4) is 0 Å². The van der Waals surface area contributed by atoms with Crippen molar-refractivity contribution >= 4 is 39.8 Å². The molecule has 1 fully saturated rings. The summed E-state index contributed by atoms with van der Waals surface area (Å²) in [6, 6.07) is 8.05. The van der Waals surface area contributed by atoms with Gasteiger partial charge in [0.25, 0.3) is 5.91 Å². The lowest BCUT2D eigenvalue weighted by Gasteiger charge is -1.98. The maximum atomic E-state index is 11.7. The summed E-state index contributed by atoms with van der Waals surface area (Å²) in [6.45, 7) is 4.49. The third-order valence-electron chi connectivity index (χ3n) is 3.09. The fraction of sp³-hybridized carbons (Fsp3) is 0.0667. The van der Waals surface area contributed by atoms with Gasteiger partial charge in [0.05, 0.1) is 4.91 Å². The van der Waals surface area contributed by atoms with Crippen LogP contribution < -0.4 is 5.32 Å². The Morgan fingerprint density at radius 1 is 1.40 bits per heavy atom. The number of aromatic nitrogens is 1. The molecule has 0 spiro atoms. The number of benzene rings is 1. The highest BCUT2D eigenvalue weighted by Crippen LogP contribution is 2.29. The number of amidine groups is 1. The fourth-order valence-corrected chi connectivity index (χ4v) is 2.96. The molecule has 0 aliphatic carbocycles. The highest BCUT2D eigenvalue weighted by atomic mass is 32.2. The minimum Gasteiger partial charge on any atom is -0.343 e. The largest absolute Gasteiger partial charge is 0.343 e. The molecule has 2 heterocycles. The monoisotopic (exact) mass is 283 g/mol. The lowest BCUT2D eigenvalue weighted by Crippen LogP contribution is -2.18. The minimum absolute atomic E-state index is 0.177. The van der Waals surface area contributed by atoms with Gasteiger partial charge < -0.3 is 9.88 Å². The predicted octanol–water partition coefficient (Wildman–Crippen LogP) is 2.97. The Morgan fingerprint density at radius 3 is 2.90 bits per heavy atom. The molecule has 1 amide bonds. The van der Waals surface area contributed by atoms with E-state index in [2.05, 4.69) is 16.5 Å². The zero-order chi connectivity index (χ0) is 14.1. The normalized spacial score (nSPS) is 16.9. The Bertz CT molecular complexity index is 758. The van der Waals surface area contributed by atoms with Gasteiger partial charge in [-0.1, -0.05) is 24.3 Å². The lowest BCUT2D eigenvalue weighted by molar-refractivity contribution is -0.115. The number of thioether (sulfide) groups is 1. The summed E-state index contributed by atoms with van der Waals surface area (Å²) in [5, 5.41) is 11.2. The number of carbonyl (C=O) groups is 1. The summed E-state index contributed by atoms with van der Waals surface area (Å²) >= 11 is 1.15. The van der Waals surface area contributed by atoms with E-state index >= 15 is 0 Å². The minimum atomic E-state index is -0.208. The molecular weight excluding hydrogens is 270 g/mol. The van der Waals surface area contributed by atoms with Gasteiger partial charge in [-0.2, -0.15) is 0 Å². The Kier molecular flexibility index (Phi) is 3.20. The van der Waals surface area contributed by atoms with E-state index < -0.39 is 0 Å². The highest BCUT2D eigenvalue weighted by molar-refractivity contribution is 8.18. The predicted molar refractivity (Wildman–Crippen MR) is 83.6 cm³/mol. The first-order valence-electron chi connectivity index (χ1n) is 6.17. The molecule has 1 aliphatic heterocycles. The van der Waals surface area contributed by atoms with Gasteiger partial charge in [-0.25, -0.2) is 0 Å². The molecule has 1 aliphatic rings. The molecule has 0 atom stereocenters. The van der Waals surface area contributed by atoms with Crippen LogP contribution in [0.5, 0.6) is 0 Å². The van der Waals surface area contributed by atoms with Gasteiger partial charge in [0, 0.05) is 29.2 Å². The van der Waals surface area contributed by atoms with Gasteiger partial charge in [0.1, 0.15) is 0 Å². The second kappa shape index (κ2) is 5.02. The van der Waals surface area contributed by atoms with Crippen LogP contribution in [0.25, 0.3) is 17.0 Å². The summed E-state index contributed by atoms with van der Waals surface area (Å²) in [6.07, 6.45) is 5.69. The third kappa shape index (κ3) is 2.16. The lowest BCUT2D eigenvalue weighted by atomic mass is 10.1. The van der Waals surface area contributed by atoms with Crippen molar-refractivity contribution in [2.75, 3.05) is 0 Å². The van der Waals surface area contributed by atoms with E-state index in [4.69, 9.17) is 5.41 Å². The molecule has 1 aromatic heterocycles. The Labute approximate surface area is 120 Å². The number of hydrogen-bond acceptors (Lipinski definition) is 3. The summed E-state index contributed by atoms with van der Waals surface area (Å²) in [4.78, 5) is 12.2. The number of amides is 1. The number of rotatable bonds is 3. The molecule has 0 saturated carbocycles. The molecule has 0 radical (unpaired) electrons. The molecule has 3 rings (SSSR count). The molecule has 100 valence electrons. The van der Waals surface area contributed by atoms with Gasteiger partial charge in [0.2, 0.25) is 0 Å². The van der Waals surface area contributed by atoms with E-state index in [1.807, 2.05) is 42.6 Å². The van der Waals surface area contributed by atoms with Crippen LogP contribution in [-0.4, -0.2) is 15.6 Å². The third-order valence-corrected chi connectivity index (χ3v) is 3.92. The van der Waals surface area contributed by atoms with Crippen molar-refractivity contribution in [2.24, 2.45) is 0 Å². The first-order valence-corrected chi connectivity index (χ1v) is 6.99. The van der Waals surface area contributed by atoms with Crippen LogP contribution in [0.4, 0.5) is 0 Å². The molecular formula is C15H13N3OS. The van der Waals surface area contributed by atoms with Crippen molar-refractivity contribution in [3.05, 3.63) is 53.6 Å². The van der Waals surface area contributed by atoms with E-state index in [0.717, 1.165) is 34.8 Å². The zero-order valence-corrected chi connectivity index (χ0v) is 11.5. The van der Waals surface area contributed by atoms with Crippen molar-refractivity contribution < 1.29 is 4.79 Å². The first-order chi connectivity index (χ1) is 9.69. The Balaban J connectivity index is 2.12. The van der Waals surface area contributed by atoms with E-state index in [-0.39, 0.29) is 11.1 Å². The summed E-state index contributed by atoms with van der Waals surface area (Å²) in [5.41, 5.74) is 2.09. The van der Waals surface area contributed by atoms with Crippen LogP contribution in [0.15, 0.2) is 48.0 Å². The number of nitrogens with zero attached hydrogens (tertiary/aromatic N) is 1. The molecule has 2 N–H and O–H groups in total. The first kappa shape index (κ1) is 12.7. The maximum absolute atomic E-state index is 11.7. The van der Waals surface area contributed by atoms with Gasteiger partial charge in [-0.05, 0) is 23.9 Å². The van der Waals surface area contributed by atoms with Crippen LogP contribution in [-0.2, 0) is 11.3 Å². The zero-order valence-electron chi connectivity index (χ0n) is 10.7. The molecule has 1 aromatic carbocycles. The van der Waals surface area contributed by atoms with Crippen molar-refractivity contribution in [2.45, 2.75) is 6.54 Å². The van der Waals surface area contributed by atoms with Crippen molar-refractivity contribution in [1.82, 2.24) is 9.88 Å². The molecule has 2 aromatic rings. The van der Waals surface area contributed by atoms with Crippen LogP contribution in [0.2, 0.25) is 0 Å². The van der Waals surface area contributed by atoms with Gasteiger partial charge in [-0.3, -0.25) is 10.2 Å². The molecule has 0 bridgehead atoms. The van der Waals surface area contributed by atoms with Crippen molar-refractivity contribution in [3.63, 3.8) is 0 Å². The number of fused-ring (bicyclic) bond motifs is 1. The van der Waals surface area contributed by atoms with Gasteiger partial charge >= 0.3 is 0 Å². The maximum Gasteiger partial charge on any atom is 0.264 e. The van der Waals surface area contributed by atoms with Gasteiger partial charge in [0.15, 0.2) is 5.17 Å². The fourth-order valence-electron chi connectivity index (χ4n) is 2.26. The summed E-state index contributed by atoms with van der Waals surface area (Å²) in [7, 11) is 0. The highest BCUT2D eigenvalue weighted by Gasteiger charge is 2.22. The van der Waals surface area contributed by atoms with Crippen molar-refractivity contribution in [3.8, 4) is 0 Å².